The van der Waals surface area contributed by atoms with Crippen LogP contribution < -0.4 is 10.2 Å². The molecule has 16 heavy (non-hydrogen) atoms. The minimum absolute atomic E-state index is 0.363. The highest BCUT2D eigenvalue weighted by molar-refractivity contribution is 5.55. The van der Waals surface area contributed by atoms with E-state index in [1.54, 1.807) is 6.20 Å². The monoisotopic (exact) mass is 218 g/mol. The Kier molecular flexibility index (Phi) is 4.59. The highest BCUT2D eigenvalue weighted by atomic mass is 15.2. The fraction of sp³-hybridized carbons (Fsp3) is 0.500. The molecule has 4 nitrogen and oxygen atoms in total. The molecule has 1 rings (SSSR count). The predicted octanol–water partition coefficient (Wildman–Crippen LogP) is 2.25. The first-order chi connectivity index (χ1) is 7.69. The van der Waals surface area contributed by atoms with Crippen LogP contribution in [-0.2, 0) is 0 Å². The third-order valence-electron chi connectivity index (χ3n) is 2.43. The lowest BCUT2D eigenvalue weighted by molar-refractivity contribution is 0.685. The van der Waals surface area contributed by atoms with Gasteiger partial charge in [0.15, 0.2) is 0 Å². The summed E-state index contributed by atoms with van der Waals surface area (Å²) in [5, 5.41) is 11.7. The van der Waals surface area contributed by atoms with Crippen LogP contribution in [0.4, 0.5) is 11.4 Å². The van der Waals surface area contributed by atoms with E-state index in [0.717, 1.165) is 17.9 Å². The van der Waals surface area contributed by atoms with E-state index < -0.39 is 0 Å². The van der Waals surface area contributed by atoms with Gasteiger partial charge in [0.2, 0.25) is 0 Å². The van der Waals surface area contributed by atoms with Crippen LogP contribution in [0.25, 0.3) is 0 Å². The number of anilines is 2. The maximum atomic E-state index is 8.64. The third-order valence-corrected chi connectivity index (χ3v) is 2.43. The summed E-state index contributed by atoms with van der Waals surface area (Å²) >= 11 is 0. The van der Waals surface area contributed by atoms with Crippen molar-refractivity contribution in [2.45, 2.75) is 26.3 Å². The average Bonchev–Trinajstić information content (AvgIpc) is 2.29. The molecule has 0 fully saturated rings. The Bertz CT molecular complexity index is 368. The average molecular weight is 218 g/mol. The van der Waals surface area contributed by atoms with Crippen molar-refractivity contribution in [3.05, 3.63) is 18.5 Å². The number of nitriles is 1. The van der Waals surface area contributed by atoms with Crippen LogP contribution in [0.3, 0.4) is 0 Å². The number of nitrogens with one attached hydrogen (secondary N) is 1. The molecule has 4 heteroatoms. The molecule has 0 saturated heterocycles. The Labute approximate surface area is 96.9 Å². The Morgan fingerprint density at radius 1 is 1.50 bits per heavy atom. The van der Waals surface area contributed by atoms with Gasteiger partial charge in [0.05, 0.1) is 36.3 Å². The van der Waals surface area contributed by atoms with Gasteiger partial charge in [-0.3, -0.25) is 4.98 Å². The molecule has 86 valence electrons. The van der Waals surface area contributed by atoms with Gasteiger partial charge in [-0.05, 0) is 19.9 Å². The molecule has 0 aliphatic rings. The SMILES string of the molecule is CNc1cncc(N(CCC#N)C(C)C)c1. The lowest BCUT2D eigenvalue weighted by Crippen LogP contribution is -2.31. The van der Waals surface area contributed by atoms with E-state index in [0.29, 0.717) is 12.5 Å². The molecule has 0 aliphatic heterocycles. The summed E-state index contributed by atoms with van der Waals surface area (Å²) in [6.45, 7) is 4.97. The maximum Gasteiger partial charge on any atom is 0.0640 e. The fourth-order valence-corrected chi connectivity index (χ4v) is 1.58. The fourth-order valence-electron chi connectivity index (χ4n) is 1.58. The van der Waals surface area contributed by atoms with Crippen LogP contribution >= 0.6 is 0 Å². The van der Waals surface area contributed by atoms with Gasteiger partial charge in [-0.15, -0.1) is 0 Å². The Morgan fingerprint density at radius 2 is 2.25 bits per heavy atom. The summed E-state index contributed by atoms with van der Waals surface area (Å²) in [4.78, 5) is 6.36. The van der Waals surface area contributed by atoms with Gasteiger partial charge < -0.3 is 10.2 Å². The number of aromatic nitrogens is 1. The van der Waals surface area contributed by atoms with E-state index in [9.17, 15) is 0 Å². The Balaban J connectivity index is 2.88. The minimum Gasteiger partial charge on any atom is -0.387 e. The van der Waals surface area contributed by atoms with Gasteiger partial charge in [0, 0.05) is 19.6 Å². The quantitative estimate of drug-likeness (QED) is 0.823. The number of nitrogens with zero attached hydrogens (tertiary/aromatic N) is 3. The highest BCUT2D eigenvalue weighted by Gasteiger charge is 2.10. The number of rotatable bonds is 5. The molecule has 1 aromatic rings. The van der Waals surface area contributed by atoms with Crippen molar-refractivity contribution in [2.24, 2.45) is 0 Å². The Morgan fingerprint density at radius 3 is 2.81 bits per heavy atom. The van der Waals surface area contributed by atoms with Crippen LogP contribution in [0.15, 0.2) is 18.5 Å². The second-order valence-electron chi connectivity index (χ2n) is 3.88. The zero-order valence-corrected chi connectivity index (χ0v) is 10.1. The van der Waals surface area contributed by atoms with Crippen LogP contribution in [0.2, 0.25) is 0 Å². The second-order valence-corrected chi connectivity index (χ2v) is 3.88. The van der Waals surface area contributed by atoms with Crippen molar-refractivity contribution in [2.75, 3.05) is 23.8 Å². The summed E-state index contributed by atoms with van der Waals surface area (Å²) < 4.78 is 0. The zero-order valence-electron chi connectivity index (χ0n) is 10.1. The molecule has 0 atom stereocenters. The van der Waals surface area contributed by atoms with Crippen molar-refractivity contribution >= 4 is 11.4 Å². The van der Waals surface area contributed by atoms with Gasteiger partial charge in [-0.25, -0.2) is 0 Å². The lowest BCUT2D eigenvalue weighted by atomic mass is 10.2. The first-order valence-corrected chi connectivity index (χ1v) is 5.45. The number of hydrogen-bond donors (Lipinski definition) is 1. The van der Waals surface area contributed by atoms with E-state index in [2.05, 4.69) is 35.1 Å². The van der Waals surface area contributed by atoms with Crippen molar-refractivity contribution in [1.29, 1.82) is 5.26 Å². The summed E-state index contributed by atoms with van der Waals surface area (Å²) in [5.74, 6) is 0. The van der Waals surface area contributed by atoms with Crippen LogP contribution in [0.5, 0.6) is 0 Å². The van der Waals surface area contributed by atoms with Crippen molar-refractivity contribution in [3.8, 4) is 6.07 Å². The number of pyridine rings is 1. The van der Waals surface area contributed by atoms with Crippen LogP contribution in [0.1, 0.15) is 20.3 Å². The minimum atomic E-state index is 0.363. The van der Waals surface area contributed by atoms with Gasteiger partial charge in [0.25, 0.3) is 0 Å². The molecule has 1 N–H and O–H groups in total. The standard InChI is InChI=1S/C12H18N4/c1-10(2)16(6-4-5-13)12-7-11(14-3)8-15-9-12/h7-10,14H,4,6H2,1-3H3. The van der Waals surface area contributed by atoms with E-state index in [1.807, 2.05) is 19.3 Å². The van der Waals surface area contributed by atoms with E-state index >= 15 is 0 Å². The molecule has 0 radical (unpaired) electrons. The normalized spacial score (nSPS) is 9.94. The number of hydrogen-bond acceptors (Lipinski definition) is 4. The van der Waals surface area contributed by atoms with E-state index in [4.69, 9.17) is 5.26 Å². The summed E-state index contributed by atoms with van der Waals surface area (Å²) in [7, 11) is 1.87. The van der Waals surface area contributed by atoms with Crippen LogP contribution in [0, 0.1) is 11.3 Å². The van der Waals surface area contributed by atoms with Gasteiger partial charge >= 0.3 is 0 Å². The maximum absolute atomic E-state index is 8.64. The molecule has 0 unspecified atom stereocenters. The van der Waals surface area contributed by atoms with Crippen molar-refractivity contribution in [3.63, 3.8) is 0 Å². The smallest absolute Gasteiger partial charge is 0.0640 e. The first kappa shape index (κ1) is 12.3. The predicted molar refractivity (Wildman–Crippen MR) is 66.5 cm³/mol. The first-order valence-electron chi connectivity index (χ1n) is 5.45. The van der Waals surface area contributed by atoms with Crippen molar-refractivity contribution < 1.29 is 0 Å². The second kappa shape index (κ2) is 5.96. The molecular weight excluding hydrogens is 200 g/mol. The Hall–Kier alpha value is -1.76. The summed E-state index contributed by atoms with van der Waals surface area (Å²) in [5.41, 5.74) is 2.04. The largest absolute Gasteiger partial charge is 0.387 e. The summed E-state index contributed by atoms with van der Waals surface area (Å²) in [6.07, 6.45) is 4.15. The molecular formula is C12H18N4. The molecule has 0 spiro atoms. The van der Waals surface area contributed by atoms with Gasteiger partial charge in [-0.2, -0.15) is 5.26 Å². The third kappa shape index (κ3) is 3.13. The lowest BCUT2D eigenvalue weighted by Gasteiger charge is -2.28. The van der Waals surface area contributed by atoms with Gasteiger partial charge in [-0.1, -0.05) is 0 Å². The topological polar surface area (TPSA) is 52.0 Å². The highest BCUT2D eigenvalue weighted by Crippen LogP contribution is 2.19. The molecule has 1 heterocycles. The molecule has 0 saturated carbocycles. The molecule has 0 aromatic carbocycles. The van der Waals surface area contributed by atoms with E-state index in [-0.39, 0.29) is 0 Å². The molecule has 0 amide bonds. The van der Waals surface area contributed by atoms with Crippen molar-refractivity contribution in [1.82, 2.24) is 4.98 Å². The van der Waals surface area contributed by atoms with Crippen LogP contribution in [-0.4, -0.2) is 24.6 Å². The molecule has 1 aromatic heterocycles. The summed E-state index contributed by atoms with van der Waals surface area (Å²) in [6, 6.07) is 4.58. The molecule has 0 aliphatic carbocycles. The zero-order chi connectivity index (χ0) is 12.0. The van der Waals surface area contributed by atoms with E-state index in [1.165, 1.54) is 0 Å². The van der Waals surface area contributed by atoms with Gasteiger partial charge in [0.1, 0.15) is 0 Å². The molecule has 0 bridgehead atoms.